The molecule has 4 aliphatic rings. The van der Waals surface area contributed by atoms with Crippen LogP contribution in [0.2, 0.25) is 0 Å². The zero-order valence-electron chi connectivity index (χ0n) is 28.9. The molecule has 48 heavy (non-hydrogen) atoms. The minimum absolute atomic E-state index is 0.0618. The van der Waals surface area contributed by atoms with Crippen LogP contribution in [0.25, 0.3) is 0 Å². The van der Waals surface area contributed by atoms with Gasteiger partial charge in [-0.2, -0.15) is 0 Å². The van der Waals surface area contributed by atoms with Crippen molar-refractivity contribution in [1.82, 2.24) is 9.80 Å². The molecule has 4 bridgehead atoms. The molecule has 9 heteroatoms. The highest BCUT2D eigenvalue weighted by molar-refractivity contribution is 5.66. The van der Waals surface area contributed by atoms with E-state index in [-0.39, 0.29) is 12.1 Å². The zero-order chi connectivity index (χ0) is 33.9. The van der Waals surface area contributed by atoms with Crippen molar-refractivity contribution in [1.29, 1.82) is 0 Å². The molecule has 0 unspecified atom stereocenters. The Kier molecular flexibility index (Phi) is 10.0. The quantitative estimate of drug-likeness (QED) is 0.327. The summed E-state index contributed by atoms with van der Waals surface area (Å²) >= 11 is 0. The van der Waals surface area contributed by atoms with Crippen LogP contribution in [-0.2, 0) is 30.5 Å². The summed E-state index contributed by atoms with van der Waals surface area (Å²) in [6, 6.07) is 14.4. The molecule has 4 heterocycles. The molecule has 0 saturated carbocycles. The summed E-state index contributed by atoms with van der Waals surface area (Å²) < 4.78 is 37.1. The fourth-order valence-electron chi connectivity index (χ4n) is 7.35. The van der Waals surface area contributed by atoms with Crippen LogP contribution in [0.3, 0.4) is 0 Å². The molecular weight excluding hydrogens is 606 g/mol. The molecule has 0 fully saturated rings. The molecule has 0 saturated heterocycles. The topological polar surface area (TPSA) is 87.9 Å². The van der Waals surface area contributed by atoms with Crippen LogP contribution < -0.4 is 29.4 Å². The molecule has 7 rings (SSSR count). The predicted octanol–water partition coefficient (Wildman–Crippen LogP) is 6.34. The molecule has 254 valence electrons. The Morgan fingerprint density at radius 1 is 0.833 bits per heavy atom. The molecule has 0 amide bonds. The van der Waals surface area contributed by atoms with Crippen molar-refractivity contribution in [3.63, 3.8) is 0 Å². The van der Waals surface area contributed by atoms with Crippen molar-refractivity contribution in [2.75, 3.05) is 55.6 Å². The molecule has 0 radical (unpaired) electrons. The van der Waals surface area contributed by atoms with Crippen molar-refractivity contribution in [2.24, 2.45) is 5.73 Å². The number of hydrogen-bond donors (Lipinski definition) is 1. The van der Waals surface area contributed by atoms with Crippen LogP contribution in [-0.4, -0.2) is 71.5 Å². The van der Waals surface area contributed by atoms with E-state index in [9.17, 15) is 0 Å². The van der Waals surface area contributed by atoms with Gasteiger partial charge in [0.05, 0.1) is 28.4 Å². The molecule has 3 aromatic carbocycles. The molecule has 2 atom stereocenters. The molecule has 4 aliphatic heterocycles. The first-order valence-corrected chi connectivity index (χ1v) is 16.5. The van der Waals surface area contributed by atoms with Gasteiger partial charge in [-0.15, -0.1) is 0 Å². The second kappa shape index (κ2) is 14.4. The molecule has 0 spiro atoms. The van der Waals surface area contributed by atoms with Crippen LogP contribution in [0.1, 0.15) is 40.3 Å². The van der Waals surface area contributed by atoms with Gasteiger partial charge in [-0.05, 0) is 91.9 Å². The predicted molar refractivity (Wildman–Crippen MR) is 187 cm³/mol. The zero-order valence-corrected chi connectivity index (χ0v) is 28.9. The maximum atomic E-state index is 6.88. The average Bonchev–Trinajstić information content (AvgIpc) is 3.10. The molecule has 9 nitrogen and oxygen atoms in total. The van der Waals surface area contributed by atoms with E-state index in [0.29, 0.717) is 47.7 Å². The number of methoxy groups -OCH3 is 4. The van der Waals surface area contributed by atoms with Crippen molar-refractivity contribution >= 4 is 0 Å². The van der Waals surface area contributed by atoms with E-state index in [4.69, 9.17) is 34.2 Å². The average molecular weight is 654 g/mol. The van der Waals surface area contributed by atoms with Gasteiger partial charge in [0.2, 0.25) is 5.75 Å². The first-order chi connectivity index (χ1) is 23.3. The SMILES string of the molecule is C=CC1=C2/C=C(\OC)Oc3c(OC)c(OC)c(CN)c4c3[C@H](Cc3ccc(OC)c(c3)Oc3ccc(cc3)C[C@@H]2N(C)CC1)N(C)CC4. The van der Waals surface area contributed by atoms with Crippen LogP contribution in [0, 0.1) is 0 Å². The lowest BCUT2D eigenvalue weighted by Crippen LogP contribution is -2.39. The number of hydrogen-bond acceptors (Lipinski definition) is 9. The van der Waals surface area contributed by atoms with Crippen LogP contribution in [0.5, 0.6) is 34.5 Å². The Bertz CT molecular complexity index is 1730. The first-order valence-electron chi connectivity index (χ1n) is 16.5. The maximum Gasteiger partial charge on any atom is 0.284 e. The minimum atomic E-state index is -0.0807. The summed E-state index contributed by atoms with van der Waals surface area (Å²) in [5, 5.41) is 0. The van der Waals surface area contributed by atoms with Gasteiger partial charge in [-0.1, -0.05) is 30.9 Å². The van der Waals surface area contributed by atoms with E-state index < -0.39 is 0 Å². The van der Waals surface area contributed by atoms with E-state index in [2.05, 4.69) is 54.7 Å². The number of ether oxygens (including phenoxy) is 6. The number of fused-ring (bicyclic) bond motifs is 3. The highest BCUT2D eigenvalue weighted by Crippen LogP contribution is 2.51. The summed E-state index contributed by atoms with van der Waals surface area (Å²) in [7, 11) is 10.9. The fraction of sp³-hybridized carbons (Fsp3) is 0.385. The van der Waals surface area contributed by atoms with Gasteiger partial charge in [0.15, 0.2) is 23.0 Å². The van der Waals surface area contributed by atoms with Crippen LogP contribution >= 0.6 is 0 Å². The number of rotatable bonds is 6. The lowest BCUT2D eigenvalue weighted by Gasteiger charge is -2.38. The third kappa shape index (κ3) is 6.25. The summed E-state index contributed by atoms with van der Waals surface area (Å²) in [5.41, 5.74) is 14.0. The molecule has 2 N–H and O–H groups in total. The van der Waals surface area contributed by atoms with E-state index in [0.717, 1.165) is 65.9 Å². The maximum absolute atomic E-state index is 6.88. The van der Waals surface area contributed by atoms with Crippen molar-refractivity contribution < 1.29 is 28.4 Å². The molecular formula is C39H47N3O6. The van der Waals surface area contributed by atoms with Crippen LogP contribution in [0.15, 0.2) is 78.3 Å². The minimum Gasteiger partial charge on any atom is -0.493 e. The standard InChI is InChI=1S/C39H47N3O6/c1-8-26-15-17-41(2)31-19-24-9-12-27(13-10-24)47-34-21-25(11-14-33(34)43-4)20-32-36-28(16-18-42(32)3)30(23-40)37(45-6)39(46-7)38(36)48-35(44-5)22-29(26)31/h8-14,21-22,31-32H,1,15-20,23,40H2,2-7H3/b35-22+/t31-,32-/m0/s1. The summed E-state index contributed by atoms with van der Waals surface area (Å²) in [6.45, 7) is 6.22. The molecule has 0 aliphatic carbocycles. The van der Waals surface area contributed by atoms with E-state index >= 15 is 0 Å². The third-order valence-electron chi connectivity index (χ3n) is 9.97. The van der Waals surface area contributed by atoms with E-state index in [1.165, 1.54) is 11.1 Å². The van der Waals surface area contributed by atoms with Gasteiger partial charge in [0, 0.05) is 48.9 Å². The number of nitrogens with zero attached hydrogens (tertiary/aromatic N) is 2. The second-order valence-electron chi connectivity index (χ2n) is 12.6. The van der Waals surface area contributed by atoms with Gasteiger partial charge in [-0.25, -0.2) is 0 Å². The summed E-state index contributed by atoms with van der Waals surface area (Å²) in [5.74, 6) is 4.07. The van der Waals surface area contributed by atoms with Gasteiger partial charge in [0.25, 0.3) is 5.95 Å². The second-order valence-corrected chi connectivity index (χ2v) is 12.6. The summed E-state index contributed by atoms with van der Waals surface area (Å²) in [4.78, 5) is 4.72. The number of nitrogens with two attached hydrogens (primary N) is 1. The fourth-order valence-corrected chi connectivity index (χ4v) is 7.35. The monoisotopic (exact) mass is 653 g/mol. The Balaban J connectivity index is 1.62. The number of likely N-dealkylation sites (N-methyl/N-ethyl adjacent to an activating group) is 2. The lowest BCUT2D eigenvalue weighted by molar-refractivity contribution is 0.139. The van der Waals surface area contributed by atoms with Gasteiger partial charge >= 0.3 is 0 Å². The van der Waals surface area contributed by atoms with Gasteiger partial charge in [0.1, 0.15) is 5.75 Å². The van der Waals surface area contributed by atoms with Crippen LogP contribution in [0.4, 0.5) is 0 Å². The summed E-state index contributed by atoms with van der Waals surface area (Å²) in [6.07, 6.45) is 7.07. The molecule has 3 aromatic rings. The Morgan fingerprint density at radius 3 is 2.19 bits per heavy atom. The molecule has 0 aromatic heterocycles. The highest BCUT2D eigenvalue weighted by atomic mass is 16.7. The van der Waals surface area contributed by atoms with Gasteiger partial charge in [-0.3, -0.25) is 9.80 Å². The normalized spacial score (nSPS) is 20.9. The van der Waals surface area contributed by atoms with Crippen molar-refractivity contribution in [3.05, 3.63) is 106 Å². The largest absolute Gasteiger partial charge is 0.493 e. The third-order valence-corrected chi connectivity index (χ3v) is 9.97. The smallest absolute Gasteiger partial charge is 0.284 e. The lowest BCUT2D eigenvalue weighted by atomic mass is 9.84. The van der Waals surface area contributed by atoms with E-state index in [1.807, 2.05) is 30.4 Å². The van der Waals surface area contributed by atoms with Crippen molar-refractivity contribution in [3.8, 4) is 34.5 Å². The Morgan fingerprint density at radius 2 is 1.52 bits per heavy atom. The Hall–Kier alpha value is -4.44. The van der Waals surface area contributed by atoms with E-state index in [1.54, 1.807) is 28.4 Å². The number of benzene rings is 3. The Labute approximate surface area is 284 Å². The number of allylic oxidation sites excluding steroid dienone is 1. The first kappa shape index (κ1) is 33.5. The van der Waals surface area contributed by atoms with Gasteiger partial charge < -0.3 is 34.2 Å². The van der Waals surface area contributed by atoms with Crippen molar-refractivity contribution in [2.45, 2.75) is 44.3 Å². The highest BCUT2D eigenvalue weighted by Gasteiger charge is 2.36.